The van der Waals surface area contributed by atoms with E-state index in [1.165, 1.54) is 0 Å². The highest BCUT2D eigenvalue weighted by Gasteiger charge is 2.14. The molecule has 0 saturated carbocycles. The van der Waals surface area contributed by atoms with Crippen LogP contribution in [0, 0.1) is 11.7 Å². The Morgan fingerprint density at radius 2 is 1.84 bits per heavy atom. The molecule has 0 heterocycles. The van der Waals surface area contributed by atoms with Crippen molar-refractivity contribution in [2.45, 2.75) is 47.2 Å². The summed E-state index contributed by atoms with van der Waals surface area (Å²) in [5, 5.41) is 3.24. The van der Waals surface area contributed by atoms with Gasteiger partial charge in [-0.3, -0.25) is 0 Å². The maximum Gasteiger partial charge on any atom is 0.125 e. The Labute approximate surface area is 117 Å². The van der Waals surface area contributed by atoms with Crippen molar-refractivity contribution in [1.82, 2.24) is 5.32 Å². The highest BCUT2D eigenvalue weighted by atomic mass is 19.1. The first-order valence-electron chi connectivity index (χ1n) is 7.20. The summed E-state index contributed by atoms with van der Waals surface area (Å²) in [4.78, 5) is 2.27. The zero-order chi connectivity index (χ0) is 14.4. The number of hydrogen-bond donors (Lipinski definition) is 1. The van der Waals surface area contributed by atoms with E-state index in [0.29, 0.717) is 12.0 Å². The van der Waals surface area contributed by atoms with Crippen LogP contribution < -0.4 is 10.2 Å². The lowest BCUT2D eigenvalue weighted by Gasteiger charge is -2.31. The average Bonchev–Trinajstić information content (AvgIpc) is 2.32. The molecule has 1 aromatic rings. The van der Waals surface area contributed by atoms with Gasteiger partial charge in [-0.25, -0.2) is 4.39 Å². The fourth-order valence-electron chi connectivity index (χ4n) is 2.18. The molecule has 0 bridgehead atoms. The molecular formula is C16H27FN2. The lowest BCUT2D eigenvalue weighted by atomic mass is 10.1. The standard InChI is InChI=1S/C16H27FN2/c1-6-18-10-14-7-15(17)9-16(8-14)19(13(4)5)11-12(2)3/h7-9,12-13,18H,6,10-11H2,1-5H3. The van der Waals surface area contributed by atoms with E-state index in [1.807, 2.05) is 0 Å². The van der Waals surface area contributed by atoms with Crippen LogP contribution in [0.4, 0.5) is 10.1 Å². The third-order valence-electron chi connectivity index (χ3n) is 3.04. The second-order valence-corrected chi connectivity index (χ2v) is 5.74. The van der Waals surface area contributed by atoms with Gasteiger partial charge in [0.2, 0.25) is 0 Å². The molecule has 0 spiro atoms. The van der Waals surface area contributed by atoms with E-state index in [1.54, 1.807) is 12.1 Å². The van der Waals surface area contributed by atoms with Crippen LogP contribution in [0.2, 0.25) is 0 Å². The summed E-state index contributed by atoms with van der Waals surface area (Å²) in [7, 11) is 0. The third kappa shape index (κ3) is 5.19. The van der Waals surface area contributed by atoms with Gasteiger partial charge in [0.25, 0.3) is 0 Å². The minimum atomic E-state index is -0.153. The maximum absolute atomic E-state index is 13.8. The molecule has 0 fully saturated rings. The van der Waals surface area contributed by atoms with Crippen LogP contribution in [0.15, 0.2) is 18.2 Å². The number of anilines is 1. The van der Waals surface area contributed by atoms with Gasteiger partial charge in [0, 0.05) is 24.8 Å². The van der Waals surface area contributed by atoms with Gasteiger partial charge in [0.1, 0.15) is 5.82 Å². The number of nitrogens with zero attached hydrogens (tertiary/aromatic N) is 1. The van der Waals surface area contributed by atoms with Crippen LogP contribution in [0.5, 0.6) is 0 Å². The van der Waals surface area contributed by atoms with E-state index >= 15 is 0 Å². The molecule has 19 heavy (non-hydrogen) atoms. The van der Waals surface area contributed by atoms with E-state index in [-0.39, 0.29) is 5.82 Å². The number of hydrogen-bond acceptors (Lipinski definition) is 2. The molecule has 3 heteroatoms. The summed E-state index contributed by atoms with van der Waals surface area (Å²) in [6.07, 6.45) is 0. The molecular weight excluding hydrogens is 239 g/mol. The molecule has 0 aliphatic carbocycles. The van der Waals surface area contributed by atoms with Crippen LogP contribution in [0.3, 0.4) is 0 Å². The molecule has 0 aliphatic heterocycles. The van der Waals surface area contributed by atoms with Crippen molar-refractivity contribution in [1.29, 1.82) is 0 Å². The second kappa shape index (κ2) is 7.49. The van der Waals surface area contributed by atoms with Gasteiger partial charge in [0.15, 0.2) is 0 Å². The lowest BCUT2D eigenvalue weighted by Crippen LogP contribution is -2.34. The van der Waals surface area contributed by atoms with Gasteiger partial charge >= 0.3 is 0 Å². The number of benzene rings is 1. The van der Waals surface area contributed by atoms with E-state index in [0.717, 1.165) is 30.9 Å². The Bertz CT molecular complexity index is 388. The lowest BCUT2D eigenvalue weighted by molar-refractivity contribution is 0.566. The van der Waals surface area contributed by atoms with E-state index < -0.39 is 0 Å². The molecule has 1 aromatic carbocycles. The molecule has 0 unspecified atom stereocenters. The zero-order valence-corrected chi connectivity index (χ0v) is 12.8. The highest BCUT2D eigenvalue weighted by molar-refractivity contribution is 5.50. The summed E-state index contributed by atoms with van der Waals surface area (Å²) in [6, 6.07) is 5.71. The van der Waals surface area contributed by atoms with Crippen LogP contribution in [-0.4, -0.2) is 19.1 Å². The van der Waals surface area contributed by atoms with Crippen LogP contribution in [0.1, 0.15) is 40.2 Å². The number of nitrogens with one attached hydrogen (secondary N) is 1. The first kappa shape index (κ1) is 16.0. The molecule has 108 valence electrons. The monoisotopic (exact) mass is 266 g/mol. The topological polar surface area (TPSA) is 15.3 Å². The SMILES string of the molecule is CCNCc1cc(F)cc(N(CC(C)C)C(C)C)c1. The Hall–Kier alpha value is -1.09. The van der Waals surface area contributed by atoms with Crippen molar-refractivity contribution in [3.8, 4) is 0 Å². The fraction of sp³-hybridized carbons (Fsp3) is 0.625. The van der Waals surface area contributed by atoms with Crippen LogP contribution in [-0.2, 0) is 6.54 Å². The van der Waals surface area contributed by atoms with Gasteiger partial charge in [-0.15, -0.1) is 0 Å². The second-order valence-electron chi connectivity index (χ2n) is 5.74. The Balaban J connectivity index is 2.98. The predicted octanol–water partition coefficient (Wildman–Crippen LogP) is 3.81. The van der Waals surface area contributed by atoms with Gasteiger partial charge in [-0.1, -0.05) is 20.8 Å². The minimum Gasteiger partial charge on any atom is -0.369 e. The summed E-state index contributed by atoms with van der Waals surface area (Å²) in [6.45, 7) is 13.3. The van der Waals surface area contributed by atoms with E-state index in [4.69, 9.17) is 0 Å². The largest absolute Gasteiger partial charge is 0.369 e. The molecule has 1 rings (SSSR count). The minimum absolute atomic E-state index is 0.153. The maximum atomic E-state index is 13.8. The van der Waals surface area contributed by atoms with Gasteiger partial charge in [-0.2, -0.15) is 0 Å². The molecule has 0 saturated heterocycles. The summed E-state index contributed by atoms with van der Waals surface area (Å²) in [5.74, 6) is 0.405. The quantitative estimate of drug-likeness (QED) is 0.807. The molecule has 1 N–H and O–H groups in total. The van der Waals surface area contributed by atoms with E-state index in [9.17, 15) is 4.39 Å². The fourth-order valence-corrected chi connectivity index (χ4v) is 2.18. The predicted molar refractivity (Wildman–Crippen MR) is 81.1 cm³/mol. The molecule has 0 radical (unpaired) electrons. The van der Waals surface area contributed by atoms with Crippen molar-refractivity contribution in [2.75, 3.05) is 18.0 Å². The Kier molecular flexibility index (Phi) is 6.29. The first-order chi connectivity index (χ1) is 8.93. The van der Waals surface area contributed by atoms with Crippen molar-refractivity contribution < 1.29 is 4.39 Å². The average molecular weight is 266 g/mol. The van der Waals surface area contributed by atoms with E-state index in [2.05, 4.69) is 50.9 Å². The summed E-state index contributed by atoms with van der Waals surface area (Å²) in [5.41, 5.74) is 1.99. The van der Waals surface area contributed by atoms with Gasteiger partial charge < -0.3 is 10.2 Å². The van der Waals surface area contributed by atoms with Crippen molar-refractivity contribution in [3.63, 3.8) is 0 Å². The van der Waals surface area contributed by atoms with Gasteiger partial charge in [-0.05, 0) is 50.1 Å². The van der Waals surface area contributed by atoms with Crippen molar-refractivity contribution in [2.24, 2.45) is 5.92 Å². The molecule has 0 atom stereocenters. The van der Waals surface area contributed by atoms with Crippen LogP contribution in [0.25, 0.3) is 0 Å². The Morgan fingerprint density at radius 1 is 1.16 bits per heavy atom. The molecule has 0 aromatic heterocycles. The van der Waals surface area contributed by atoms with Crippen molar-refractivity contribution >= 4 is 5.69 Å². The summed E-state index contributed by atoms with van der Waals surface area (Å²) < 4.78 is 13.8. The number of rotatable bonds is 7. The Morgan fingerprint density at radius 3 is 2.37 bits per heavy atom. The van der Waals surface area contributed by atoms with Gasteiger partial charge in [0.05, 0.1) is 0 Å². The molecule has 0 aliphatic rings. The smallest absolute Gasteiger partial charge is 0.125 e. The molecule has 0 amide bonds. The molecule has 2 nitrogen and oxygen atoms in total. The third-order valence-corrected chi connectivity index (χ3v) is 3.04. The van der Waals surface area contributed by atoms with Crippen molar-refractivity contribution in [3.05, 3.63) is 29.6 Å². The highest BCUT2D eigenvalue weighted by Crippen LogP contribution is 2.22. The van der Waals surface area contributed by atoms with Crippen LogP contribution >= 0.6 is 0 Å². The first-order valence-corrected chi connectivity index (χ1v) is 7.20. The number of halogens is 1. The summed E-state index contributed by atoms with van der Waals surface area (Å²) >= 11 is 0. The zero-order valence-electron chi connectivity index (χ0n) is 12.8. The normalized spacial score (nSPS) is 11.4.